The Morgan fingerprint density at radius 1 is 1.16 bits per heavy atom. The molecule has 1 atom stereocenters. The molecule has 19 heavy (non-hydrogen) atoms. The van der Waals surface area contributed by atoms with Gasteiger partial charge in [0.25, 0.3) is 0 Å². The molecule has 1 unspecified atom stereocenters. The summed E-state index contributed by atoms with van der Waals surface area (Å²) in [6.45, 7) is 3.21. The number of alkyl halides is 1. The van der Waals surface area contributed by atoms with Crippen LogP contribution in [0.15, 0.2) is 0 Å². The van der Waals surface area contributed by atoms with Gasteiger partial charge in [0.1, 0.15) is 0 Å². The number of rotatable bonds is 10. The van der Waals surface area contributed by atoms with E-state index in [1.165, 1.54) is 44.9 Å². The lowest BCUT2D eigenvalue weighted by atomic mass is 10.1. The molecule has 0 N–H and O–H groups in total. The van der Waals surface area contributed by atoms with Crippen molar-refractivity contribution in [3.8, 4) is 0 Å². The Morgan fingerprint density at radius 3 is 2.63 bits per heavy atom. The molecular formula is C16H30ClNO. The monoisotopic (exact) mass is 287 g/mol. The van der Waals surface area contributed by atoms with Crippen LogP contribution < -0.4 is 0 Å². The van der Waals surface area contributed by atoms with Crippen LogP contribution in [-0.2, 0) is 4.79 Å². The number of unbranched alkanes of at least 4 members (excludes halogenated alkanes) is 5. The molecule has 1 amide bonds. The standard InChI is InChI=1S/C16H30ClNO/c1-2-3-4-5-6-7-12-16(19)18-14-9-11-15(18)10-8-13-17/h15H,2-14H2,1H3. The third-order valence-corrected chi connectivity index (χ3v) is 4.38. The van der Waals surface area contributed by atoms with E-state index in [0.29, 0.717) is 11.9 Å². The molecule has 0 aromatic heterocycles. The van der Waals surface area contributed by atoms with E-state index in [1.807, 2.05) is 0 Å². The zero-order valence-corrected chi connectivity index (χ0v) is 13.3. The minimum Gasteiger partial charge on any atom is -0.340 e. The minimum absolute atomic E-state index is 0.382. The molecule has 0 aromatic carbocycles. The highest BCUT2D eigenvalue weighted by atomic mass is 35.5. The van der Waals surface area contributed by atoms with Crippen molar-refractivity contribution in [1.82, 2.24) is 4.90 Å². The van der Waals surface area contributed by atoms with Gasteiger partial charge in [-0.15, -0.1) is 11.6 Å². The molecule has 0 bridgehead atoms. The molecule has 0 radical (unpaired) electrons. The third-order valence-electron chi connectivity index (χ3n) is 4.11. The molecule has 0 aliphatic carbocycles. The van der Waals surface area contributed by atoms with Gasteiger partial charge in [-0.2, -0.15) is 0 Å². The van der Waals surface area contributed by atoms with Crippen molar-refractivity contribution < 1.29 is 4.79 Å². The van der Waals surface area contributed by atoms with E-state index in [-0.39, 0.29) is 0 Å². The SMILES string of the molecule is CCCCCCCCC(=O)N1CCCC1CCCCl. The second-order valence-electron chi connectivity index (χ2n) is 5.73. The summed E-state index contributed by atoms with van der Waals surface area (Å²) >= 11 is 5.75. The van der Waals surface area contributed by atoms with E-state index in [1.54, 1.807) is 0 Å². The maximum absolute atomic E-state index is 12.2. The number of nitrogens with zero attached hydrogens (tertiary/aromatic N) is 1. The van der Waals surface area contributed by atoms with Crippen LogP contribution in [0.2, 0.25) is 0 Å². The molecule has 1 rings (SSSR count). The number of carbonyl (C=O) groups is 1. The van der Waals surface area contributed by atoms with Crippen molar-refractivity contribution in [1.29, 1.82) is 0 Å². The molecule has 1 saturated heterocycles. The Kier molecular flexibility index (Phi) is 9.32. The number of likely N-dealkylation sites (tertiary alicyclic amines) is 1. The molecule has 1 heterocycles. The first-order valence-electron chi connectivity index (χ1n) is 8.15. The van der Waals surface area contributed by atoms with Crippen molar-refractivity contribution in [2.24, 2.45) is 0 Å². The fourth-order valence-corrected chi connectivity index (χ4v) is 3.13. The van der Waals surface area contributed by atoms with Crippen molar-refractivity contribution in [2.45, 2.75) is 83.6 Å². The van der Waals surface area contributed by atoms with E-state index in [2.05, 4.69) is 11.8 Å². The Labute approximate surface area is 123 Å². The predicted molar refractivity (Wildman–Crippen MR) is 82.7 cm³/mol. The van der Waals surface area contributed by atoms with Gasteiger partial charge >= 0.3 is 0 Å². The molecular weight excluding hydrogens is 258 g/mol. The second-order valence-corrected chi connectivity index (χ2v) is 6.11. The van der Waals surface area contributed by atoms with Gasteiger partial charge in [0.2, 0.25) is 5.91 Å². The predicted octanol–water partition coefficient (Wildman–Crippen LogP) is 4.75. The molecule has 1 aliphatic heterocycles. The summed E-state index contributed by atoms with van der Waals surface area (Å²) in [5.41, 5.74) is 0. The largest absolute Gasteiger partial charge is 0.340 e. The smallest absolute Gasteiger partial charge is 0.222 e. The van der Waals surface area contributed by atoms with E-state index < -0.39 is 0 Å². The number of amides is 1. The lowest BCUT2D eigenvalue weighted by Crippen LogP contribution is -2.35. The van der Waals surface area contributed by atoms with Crippen LogP contribution in [0.3, 0.4) is 0 Å². The van der Waals surface area contributed by atoms with E-state index in [0.717, 1.165) is 38.1 Å². The van der Waals surface area contributed by atoms with Gasteiger partial charge in [-0.1, -0.05) is 39.0 Å². The van der Waals surface area contributed by atoms with E-state index >= 15 is 0 Å². The van der Waals surface area contributed by atoms with Gasteiger partial charge in [-0.05, 0) is 32.1 Å². The second kappa shape index (κ2) is 10.5. The Morgan fingerprint density at radius 2 is 1.89 bits per heavy atom. The average Bonchev–Trinajstić information content (AvgIpc) is 2.88. The number of hydrogen-bond acceptors (Lipinski definition) is 1. The van der Waals surface area contributed by atoms with Crippen molar-refractivity contribution in [3.63, 3.8) is 0 Å². The zero-order valence-electron chi connectivity index (χ0n) is 12.5. The van der Waals surface area contributed by atoms with Gasteiger partial charge in [0, 0.05) is 24.9 Å². The maximum Gasteiger partial charge on any atom is 0.222 e. The first-order valence-corrected chi connectivity index (χ1v) is 8.68. The maximum atomic E-state index is 12.2. The van der Waals surface area contributed by atoms with E-state index in [4.69, 9.17) is 11.6 Å². The highest BCUT2D eigenvalue weighted by molar-refractivity contribution is 6.17. The quantitative estimate of drug-likeness (QED) is 0.419. The number of carbonyl (C=O) groups excluding carboxylic acids is 1. The summed E-state index contributed by atoms with van der Waals surface area (Å²) in [6, 6.07) is 0.478. The van der Waals surface area contributed by atoms with Crippen LogP contribution in [0, 0.1) is 0 Å². The topological polar surface area (TPSA) is 20.3 Å². The number of halogens is 1. The van der Waals surface area contributed by atoms with Gasteiger partial charge in [0.15, 0.2) is 0 Å². The van der Waals surface area contributed by atoms with Gasteiger partial charge in [0.05, 0.1) is 0 Å². The normalized spacial score (nSPS) is 19.1. The molecule has 1 fully saturated rings. The molecule has 0 saturated carbocycles. The van der Waals surface area contributed by atoms with Crippen LogP contribution >= 0.6 is 11.6 Å². The Bertz CT molecular complexity index is 245. The summed E-state index contributed by atoms with van der Waals surface area (Å²) in [7, 11) is 0. The molecule has 0 aromatic rings. The third kappa shape index (κ3) is 6.65. The molecule has 1 aliphatic rings. The molecule has 2 nitrogen and oxygen atoms in total. The summed E-state index contributed by atoms with van der Waals surface area (Å²) in [4.78, 5) is 14.3. The summed E-state index contributed by atoms with van der Waals surface area (Å²) in [6.07, 6.45) is 12.8. The zero-order chi connectivity index (χ0) is 13.9. The summed E-state index contributed by atoms with van der Waals surface area (Å²) in [5, 5.41) is 0. The molecule has 3 heteroatoms. The van der Waals surface area contributed by atoms with Crippen LogP contribution in [0.4, 0.5) is 0 Å². The molecule has 0 spiro atoms. The van der Waals surface area contributed by atoms with Crippen LogP contribution in [0.25, 0.3) is 0 Å². The average molecular weight is 288 g/mol. The van der Waals surface area contributed by atoms with Gasteiger partial charge in [-0.3, -0.25) is 4.79 Å². The number of hydrogen-bond donors (Lipinski definition) is 0. The fraction of sp³-hybridized carbons (Fsp3) is 0.938. The Balaban J connectivity index is 2.13. The van der Waals surface area contributed by atoms with Crippen molar-refractivity contribution >= 4 is 17.5 Å². The summed E-state index contributed by atoms with van der Waals surface area (Å²) < 4.78 is 0. The highest BCUT2D eigenvalue weighted by Crippen LogP contribution is 2.23. The highest BCUT2D eigenvalue weighted by Gasteiger charge is 2.27. The fourth-order valence-electron chi connectivity index (χ4n) is 2.98. The van der Waals surface area contributed by atoms with Crippen LogP contribution in [0.5, 0.6) is 0 Å². The van der Waals surface area contributed by atoms with Crippen molar-refractivity contribution in [2.75, 3.05) is 12.4 Å². The van der Waals surface area contributed by atoms with Gasteiger partial charge < -0.3 is 4.90 Å². The van der Waals surface area contributed by atoms with E-state index in [9.17, 15) is 4.79 Å². The lowest BCUT2D eigenvalue weighted by Gasteiger charge is -2.24. The van der Waals surface area contributed by atoms with Crippen LogP contribution in [-0.4, -0.2) is 29.3 Å². The van der Waals surface area contributed by atoms with Crippen LogP contribution in [0.1, 0.15) is 77.6 Å². The van der Waals surface area contributed by atoms with Crippen molar-refractivity contribution in [3.05, 3.63) is 0 Å². The Hall–Kier alpha value is -0.240. The lowest BCUT2D eigenvalue weighted by molar-refractivity contribution is -0.132. The molecule has 112 valence electrons. The first-order chi connectivity index (χ1) is 9.29. The first kappa shape index (κ1) is 16.8. The van der Waals surface area contributed by atoms with Gasteiger partial charge in [-0.25, -0.2) is 0 Å². The summed E-state index contributed by atoms with van der Waals surface area (Å²) in [5.74, 6) is 1.10. The minimum atomic E-state index is 0.382.